The Hall–Kier alpha value is -1.56. The van der Waals surface area contributed by atoms with Crippen molar-refractivity contribution in [3.8, 4) is 0 Å². The molecular formula is C9H8N2O3S. The van der Waals surface area contributed by atoms with Crippen molar-refractivity contribution >= 4 is 29.0 Å². The Labute approximate surface area is 90.2 Å². The largest absolute Gasteiger partial charge is 0.302 e. The van der Waals surface area contributed by atoms with Crippen LogP contribution in [0.15, 0.2) is 24.3 Å². The van der Waals surface area contributed by atoms with Gasteiger partial charge in [-0.15, -0.1) is 11.8 Å². The van der Waals surface area contributed by atoms with Gasteiger partial charge in [-0.05, 0) is 6.07 Å². The number of nitro groups is 1. The highest BCUT2D eigenvalue weighted by atomic mass is 32.2. The molecule has 1 aliphatic heterocycles. The van der Waals surface area contributed by atoms with Crippen LogP contribution in [-0.4, -0.2) is 22.5 Å². The third-order valence-corrected chi connectivity index (χ3v) is 2.99. The number of hydrogen-bond acceptors (Lipinski definition) is 4. The first-order valence-electron chi connectivity index (χ1n) is 4.31. The number of nitro benzene ring substituents is 1. The highest BCUT2D eigenvalue weighted by Crippen LogP contribution is 2.26. The van der Waals surface area contributed by atoms with Crippen LogP contribution in [-0.2, 0) is 4.79 Å². The molecule has 0 bridgehead atoms. The summed E-state index contributed by atoms with van der Waals surface area (Å²) in [7, 11) is 0. The lowest BCUT2D eigenvalue weighted by Crippen LogP contribution is -2.24. The molecule has 0 aromatic heterocycles. The summed E-state index contributed by atoms with van der Waals surface area (Å²) in [5.74, 6) is 1.02. The molecule has 0 radical (unpaired) electrons. The van der Waals surface area contributed by atoms with E-state index in [1.165, 1.54) is 23.9 Å². The van der Waals surface area contributed by atoms with Crippen molar-refractivity contribution in [2.75, 3.05) is 16.5 Å². The SMILES string of the molecule is O=C1CSCN1c1cccc([N+](=O)[O-])c1. The maximum atomic E-state index is 11.4. The Morgan fingerprint density at radius 1 is 1.47 bits per heavy atom. The van der Waals surface area contributed by atoms with E-state index in [0.717, 1.165) is 0 Å². The smallest absolute Gasteiger partial charge is 0.271 e. The lowest BCUT2D eigenvalue weighted by molar-refractivity contribution is -0.384. The maximum Gasteiger partial charge on any atom is 0.271 e. The van der Waals surface area contributed by atoms with Gasteiger partial charge >= 0.3 is 0 Å². The third-order valence-electron chi connectivity index (χ3n) is 2.10. The van der Waals surface area contributed by atoms with Crippen LogP contribution in [0.3, 0.4) is 0 Å². The average Bonchev–Trinajstić information content (AvgIpc) is 2.64. The molecule has 0 saturated carbocycles. The number of carbonyl (C=O) groups is 1. The van der Waals surface area contributed by atoms with Crippen LogP contribution < -0.4 is 4.90 Å². The Bertz CT molecular complexity index is 422. The average molecular weight is 224 g/mol. The minimum atomic E-state index is -0.461. The van der Waals surface area contributed by atoms with Crippen LogP contribution >= 0.6 is 11.8 Å². The van der Waals surface area contributed by atoms with Gasteiger partial charge in [-0.25, -0.2) is 0 Å². The fraction of sp³-hybridized carbons (Fsp3) is 0.222. The van der Waals surface area contributed by atoms with Gasteiger partial charge in [0, 0.05) is 12.1 Å². The van der Waals surface area contributed by atoms with Crippen LogP contribution in [0.25, 0.3) is 0 Å². The first-order chi connectivity index (χ1) is 7.18. The first kappa shape index (κ1) is 9.97. The topological polar surface area (TPSA) is 63.5 Å². The molecule has 1 aromatic carbocycles. The summed E-state index contributed by atoms with van der Waals surface area (Å²) < 4.78 is 0. The number of nitrogens with zero attached hydrogens (tertiary/aromatic N) is 2. The molecule has 2 rings (SSSR count). The molecule has 1 amide bonds. The first-order valence-corrected chi connectivity index (χ1v) is 5.46. The lowest BCUT2D eigenvalue weighted by Gasteiger charge is -2.13. The second-order valence-electron chi connectivity index (χ2n) is 3.08. The molecule has 6 heteroatoms. The van der Waals surface area contributed by atoms with E-state index >= 15 is 0 Å². The highest BCUT2D eigenvalue weighted by Gasteiger charge is 2.23. The summed E-state index contributed by atoms with van der Waals surface area (Å²) in [5, 5.41) is 10.5. The molecule has 1 heterocycles. The molecule has 78 valence electrons. The molecule has 1 saturated heterocycles. The Kier molecular flexibility index (Phi) is 2.59. The van der Waals surface area contributed by atoms with Crippen molar-refractivity contribution in [2.45, 2.75) is 0 Å². The van der Waals surface area contributed by atoms with Crippen LogP contribution in [0.5, 0.6) is 0 Å². The fourth-order valence-corrected chi connectivity index (χ4v) is 2.26. The molecule has 0 aliphatic carbocycles. The van der Waals surface area contributed by atoms with Crippen LogP contribution in [0.1, 0.15) is 0 Å². The van der Waals surface area contributed by atoms with E-state index in [-0.39, 0.29) is 11.6 Å². The minimum absolute atomic E-state index is 0.000461. The van der Waals surface area contributed by atoms with Crippen molar-refractivity contribution < 1.29 is 9.72 Å². The van der Waals surface area contributed by atoms with Crippen molar-refractivity contribution in [3.05, 3.63) is 34.4 Å². The molecule has 0 unspecified atom stereocenters. The van der Waals surface area contributed by atoms with Gasteiger partial charge in [0.2, 0.25) is 5.91 Å². The molecule has 15 heavy (non-hydrogen) atoms. The maximum absolute atomic E-state index is 11.4. The van der Waals surface area contributed by atoms with Crippen molar-refractivity contribution in [1.82, 2.24) is 0 Å². The summed E-state index contributed by atoms with van der Waals surface area (Å²) >= 11 is 1.51. The number of carbonyl (C=O) groups excluding carboxylic acids is 1. The van der Waals surface area contributed by atoms with Crippen molar-refractivity contribution in [3.63, 3.8) is 0 Å². The van der Waals surface area contributed by atoms with E-state index in [2.05, 4.69) is 0 Å². The molecule has 0 spiro atoms. The molecule has 1 aromatic rings. The zero-order valence-corrected chi connectivity index (χ0v) is 8.57. The van der Waals surface area contributed by atoms with Gasteiger partial charge < -0.3 is 4.90 Å². The normalized spacial score (nSPS) is 15.7. The second kappa shape index (κ2) is 3.90. The number of non-ortho nitro benzene ring substituents is 1. The van der Waals surface area contributed by atoms with Crippen LogP contribution in [0.2, 0.25) is 0 Å². The second-order valence-corrected chi connectivity index (χ2v) is 4.03. The number of rotatable bonds is 2. The number of hydrogen-bond donors (Lipinski definition) is 0. The van der Waals surface area contributed by atoms with E-state index in [1.807, 2.05) is 0 Å². The van der Waals surface area contributed by atoms with E-state index in [0.29, 0.717) is 17.3 Å². The van der Waals surface area contributed by atoms with E-state index in [1.54, 1.807) is 17.0 Å². The van der Waals surface area contributed by atoms with Gasteiger partial charge in [-0.2, -0.15) is 0 Å². The van der Waals surface area contributed by atoms with Crippen molar-refractivity contribution in [2.24, 2.45) is 0 Å². The Balaban J connectivity index is 2.32. The molecule has 0 atom stereocenters. The Morgan fingerprint density at radius 3 is 2.87 bits per heavy atom. The molecule has 1 fully saturated rings. The summed E-state index contributed by atoms with van der Waals surface area (Å²) in [6, 6.07) is 6.13. The summed E-state index contributed by atoms with van der Waals surface area (Å²) in [6.45, 7) is 0. The van der Waals surface area contributed by atoms with E-state index in [4.69, 9.17) is 0 Å². The summed E-state index contributed by atoms with van der Waals surface area (Å²) in [5.41, 5.74) is 0.608. The lowest BCUT2D eigenvalue weighted by atomic mass is 10.2. The van der Waals surface area contributed by atoms with Gasteiger partial charge in [0.1, 0.15) is 0 Å². The number of thioether (sulfide) groups is 1. The predicted molar refractivity (Wildman–Crippen MR) is 57.9 cm³/mol. The van der Waals surface area contributed by atoms with Crippen LogP contribution in [0.4, 0.5) is 11.4 Å². The van der Waals surface area contributed by atoms with Crippen molar-refractivity contribution in [1.29, 1.82) is 0 Å². The minimum Gasteiger partial charge on any atom is -0.302 e. The fourth-order valence-electron chi connectivity index (χ4n) is 1.37. The van der Waals surface area contributed by atoms with E-state index < -0.39 is 4.92 Å². The molecule has 5 nitrogen and oxygen atoms in total. The summed E-state index contributed by atoms with van der Waals surface area (Å²) in [4.78, 5) is 23.0. The van der Waals surface area contributed by atoms with Gasteiger partial charge in [-0.3, -0.25) is 14.9 Å². The monoisotopic (exact) mass is 224 g/mol. The highest BCUT2D eigenvalue weighted by molar-refractivity contribution is 8.00. The quantitative estimate of drug-likeness (QED) is 0.565. The standard InChI is InChI=1S/C9H8N2O3S/c12-9-5-15-6-10(9)7-2-1-3-8(4-7)11(13)14/h1-4H,5-6H2. The number of benzene rings is 1. The Morgan fingerprint density at radius 2 is 2.27 bits per heavy atom. The van der Waals surface area contributed by atoms with Gasteiger partial charge in [0.15, 0.2) is 0 Å². The van der Waals surface area contributed by atoms with E-state index in [9.17, 15) is 14.9 Å². The van der Waals surface area contributed by atoms with Gasteiger partial charge in [0.05, 0.1) is 22.2 Å². The zero-order chi connectivity index (χ0) is 10.8. The van der Waals surface area contributed by atoms with Gasteiger partial charge in [0.25, 0.3) is 5.69 Å². The zero-order valence-electron chi connectivity index (χ0n) is 7.75. The summed E-state index contributed by atoms with van der Waals surface area (Å²) in [6.07, 6.45) is 0. The third kappa shape index (κ3) is 1.94. The van der Waals surface area contributed by atoms with Gasteiger partial charge in [-0.1, -0.05) is 6.07 Å². The number of anilines is 1. The van der Waals surface area contributed by atoms with Crippen LogP contribution in [0, 0.1) is 10.1 Å². The number of amides is 1. The molecule has 1 aliphatic rings. The molecular weight excluding hydrogens is 216 g/mol. The molecule has 0 N–H and O–H groups in total. The predicted octanol–water partition coefficient (Wildman–Crippen LogP) is 1.63.